The first-order valence-corrected chi connectivity index (χ1v) is 9.41. The number of benzene rings is 1. The van der Waals surface area contributed by atoms with Gasteiger partial charge in [-0.25, -0.2) is 9.59 Å². The Morgan fingerprint density at radius 3 is 2.62 bits per heavy atom. The van der Waals surface area contributed by atoms with E-state index in [1.807, 2.05) is 6.26 Å². The molecule has 0 aliphatic rings. The van der Waals surface area contributed by atoms with Gasteiger partial charge >= 0.3 is 11.6 Å². The second kappa shape index (κ2) is 8.27. The van der Waals surface area contributed by atoms with Crippen molar-refractivity contribution in [3.63, 3.8) is 0 Å². The summed E-state index contributed by atoms with van der Waals surface area (Å²) in [6.07, 6.45) is 1.81. The van der Waals surface area contributed by atoms with Gasteiger partial charge in [-0.1, -0.05) is 0 Å². The second-order valence-corrected chi connectivity index (χ2v) is 7.05. The molecule has 0 radical (unpaired) electrons. The summed E-state index contributed by atoms with van der Waals surface area (Å²) < 4.78 is 5.24. The molecule has 0 saturated heterocycles. The van der Waals surface area contributed by atoms with Crippen LogP contribution in [0.3, 0.4) is 0 Å². The van der Waals surface area contributed by atoms with Gasteiger partial charge in [-0.2, -0.15) is 11.8 Å². The fourth-order valence-electron chi connectivity index (χ4n) is 2.76. The van der Waals surface area contributed by atoms with Gasteiger partial charge in [0.1, 0.15) is 17.4 Å². The zero-order chi connectivity index (χ0) is 19.4. The van der Waals surface area contributed by atoms with Crippen LogP contribution in [-0.4, -0.2) is 40.1 Å². The lowest BCUT2D eigenvalue weighted by atomic mass is 10.0. The van der Waals surface area contributed by atoms with Crippen LogP contribution >= 0.6 is 11.8 Å². The molecule has 2 rings (SSSR count). The fourth-order valence-corrected chi connectivity index (χ4v) is 3.23. The summed E-state index contributed by atoms with van der Waals surface area (Å²) in [5.41, 5.74) is 0.855. The molecule has 1 heterocycles. The smallest absolute Gasteiger partial charge is 0.340 e. The molecule has 0 aliphatic heterocycles. The quantitative estimate of drug-likeness (QED) is 0.630. The average molecular weight is 379 g/mol. The third-order valence-electron chi connectivity index (χ3n) is 4.08. The van der Waals surface area contributed by atoms with Crippen LogP contribution in [0.1, 0.15) is 23.1 Å². The molecule has 26 heavy (non-hydrogen) atoms. The van der Waals surface area contributed by atoms with Gasteiger partial charge in [0.25, 0.3) is 0 Å². The van der Waals surface area contributed by atoms with Crippen molar-refractivity contribution in [2.24, 2.45) is 0 Å². The molecule has 140 valence electrons. The summed E-state index contributed by atoms with van der Waals surface area (Å²) in [6, 6.07) is 2.16. The fraction of sp³-hybridized carbons (Fsp3) is 0.389. The van der Waals surface area contributed by atoms with Gasteiger partial charge in [0, 0.05) is 0 Å². The lowest BCUT2D eigenvalue weighted by molar-refractivity contribution is -0.141. The maximum absolute atomic E-state index is 12.3. The van der Waals surface area contributed by atoms with E-state index < -0.39 is 23.5 Å². The highest BCUT2D eigenvalue weighted by molar-refractivity contribution is 7.98. The number of thioether (sulfide) groups is 1. The minimum atomic E-state index is -1.12. The van der Waals surface area contributed by atoms with Crippen molar-refractivity contribution < 1.29 is 24.2 Å². The van der Waals surface area contributed by atoms with Crippen molar-refractivity contribution in [1.29, 1.82) is 0 Å². The second-order valence-electron chi connectivity index (χ2n) is 6.07. The number of carboxylic acids is 1. The number of aliphatic carboxylic acids is 1. The largest absolute Gasteiger partial charge is 0.507 e. The number of amides is 1. The zero-order valence-corrected chi connectivity index (χ0v) is 15.6. The summed E-state index contributed by atoms with van der Waals surface area (Å²) in [6.45, 7) is 3.38. The molecule has 7 nitrogen and oxygen atoms in total. The molecule has 8 heteroatoms. The summed E-state index contributed by atoms with van der Waals surface area (Å²) in [4.78, 5) is 35.7. The van der Waals surface area contributed by atoms with Crippen molar-refractivity contribution >= 4 is 34.6 Å². The summed E-state index contributed by atoms with van der Waals surface area (Å²) >= 11 is 1.48. The van der Waals surface area contributed by atoms with E-state index in [0.29, 0.717) is 16.7 Å². The number of carbonyl (C=O) groups excluding carboxylic acids is 1. The van der Waals surface area contributed by atoms with Crippen LogP contribution in [0.15, 0.2) is 21.3 Å². The Morgan fingerprint density at radius 1 is 1.31 bits per heavy atom. The molecule has 1 unspecified atom stereocenters. The van der Waals surface area contributed by atoms with Crippen LogP contribution in [0.25, 0.3) is 11.0 Å². The summed E-state index contributed by atoms with van der Waals surface area (Å²) in [7, 11) is 0. The third kappa shape index (κ3) is 4.37. The van der Waals surface area contributed by atoms with E-state index in [1.165, 1.54) is 11.8 Å². The van der Waals surface area contributed by atoms with E-state index in [4.69, 9.17) is 4.42 Å². The number of fused-ring (bicyclic) bond motifs is 1. The number of phenolic OH excluding ortho intramolecular Hbond substituents is 1. The van der Waals surface area contributed by atoms with E-state index in [1.54, 1.807) is 26.0 Å². The highest BCUT2D eigenvalue weighted by Crippen LogP contribution is 2.29. The number of aryl methyl sites for hydroxylation is 2. The molecule has 1 aromatic heterocycles. The zero-order valence-electron chi connectivity index (χ0n) is 14.8. The monoisotopic (exact) mass is 379 g/mol. The van der Waals surface area contributed by atoms with Crippen molar-refractivity contribution in [2.45, 2.75) is 32.7 Å². The Morgan fingerprint density at radius 2 is 2.00 bits per heavy atom. The van der Waals surface area contributed by atoms with E-state index in [9.17, 15) is 24.6 Å². The van der Waals surface area contributed by atoms with Crippen LogP contribution in [0.2, 0.25) is 0 Å². The van der Waals surface area contributed by atoms with Crippen molar-refractivity contribution in [3.8, 4) is 5.75 Å². The molecule has 0 bridgehead atoms. The van der Waals surface area contributed by atoms with Crippen LogP contribution in [0, 0.1) is 13.8 Å². The van der Waals surface area contributed by atoms with Crippen LogP contribution in [0.4, 0.5) is 0 Å². The summed E-state index contributed by atoms with van der Waals surface area (Å²) in [5.74, 6) is -1.16. The minimum Gasteiger partial charge on any atom is -0.507 e. The van der Waals surface area contributed by atoms with Crippen LogP contribution in [0.5, 0.6) is 5.75 Å². The number of carbonyl (C=O) groups is 2. The minimum absolute atomic E-state index is 0.0358. The van der Waals surface area contributed by atoms with Crippen molar-refractivity contribution in [2.75, 3.05) is 12.0 Å². The van der Waals surface area contributed by atoms with Crippen LogP contribution < -0.4 is 10.9 Å². The van der Waals surface area contributed by atoms with Gasteiger partial charge in [0.2, 0.25) is 5.91 Å². The Balaban J connectivity index is 2.31. The van der Waals surface area contributed by atoms with Gasteiger partial charge in [0.15, 0.2) is 0 Å². The molecule has 3 N–H and O–H groups in total. The molecule has 2 aromatic rings. The first-order chi connectivity index (χ1) is 12.2. The van der Waals surface area contributed by atoms with Gasteiger partial charge < -0.3 is 19.9 Å². The number of carboxylic acid groups (broad SMARTS) is 1. The van der Waals surface area contributed by atoms with Gasteiger partial charge in [-0.3, -0.25) is 4.79 Å². The molecule has 0 saturated carbocycles. The molecule has 0 fully saturated rings. The van der Waals surface area contributed by atoms with Crippen LogP contribution in [-0.2, 0) is 16.0 Å². The van der Waals surface area contributed by atoms with Crippen molar-refractivity contribution in [3.05, 3.63) is 39.2 Å². The molecule has 0 aliphatic carbocycles. The molecular weight excluding hydrogens is 358 g/mol. The Labute approximate surface area is 154 Å². The number of hydrogen-bond acceptors (Lipinski definition) is 6. The number of phenols is 1. The first-order valence-electron chi connectivity index (χ1n) is 8.01. The maximum Gasteiger partial charge on any atom is 0.340 e. The molecule has 0 spiro atoms. The molecule has 1 aromatic carbocycles. The lowest BCUT2D eigenvalue weighted by Crippen LogP contribution is -2.42. The topological polar surface area (TPSA) is 117 Å². The maximum atomic E-state index is 12.3. The van der Waals surface area contributed by atoms with E-state index in [-0.39, 0.29) is 29.7 Å². The average Bonchev–Trinajstić information content (AvgIpc) is 2.54. The highest BCUT2D eigenvalue weighted by atomic mass is 32.2. The SMILES string of the molecule is CSCCC(NC(=O)Cc1c(C)c2c(O)cc(C)cc2oc1=O)C(=O)O. The number of rotatable bonds is 7. The van der Waals surface area contributed by atoms with E-state index in [0.717, 1.165) is 5.56 Å². The first kappa shape index (κ1) is 19.8. The Kier molecular flexibility index (Phi) is 6.31. The number of hydrogen-bond donors (Lipinski definition) is 3. The van der Waals surface area contributed by atoms with E-state index in [2.05, 4.69) is 5.32 Å². The Hall–Kier alpha value is -2.48. The van der Waals surface area contributed by atoms with Gasteiger partial charge in [-0.05, 0) is 55.5 Å². The van der Waals surface area contributed by atoms with E-state index >= 15 is 0 Å². The normalized spacial score (nSPS) is 12.1. The van der Waals surface area contributed by atoms with Gasteiger partial charge in [-0.15, -0.1) is 0 Å². The predicted octanol–water partition coefficient (Wildman–Crippen LogP) is 1.98. The van der Waals surface area contributed by atoms with Gasteiger partial charge in [0.05, 0.1) is 17.4 Å². The molecular formula is C18H21NO6S. The Bertz CT molecular complexity index is 905. The number of nitrogens with one attached hydrogen (secondary N) is 1. The third-order valence-corrected chi connectivity index (χ3v) is 4.73. The molecule has 1 atom stereocenters. The number of aromatic hydroxyl groups is 1. The molecule has 1 amide bonds. The highest BCUT2D eigenvalue weighted by Gasteiger charge is 2.22. The predicted molar refractivity (Wildman–Crippen MR) is 99.9 cm³/mol. The van der Waals surface area contributed by atoms with Crippen molar-refractivity contribution in [1.82, 2.24) is 5.32 Å². The lowest BCUT2D eigenvalue weighted by Gasteiger charge is -2.15. The standard InChI is InChI=1S/C18H21NO6S/c1-9-6-13(20)16-10(2)11(18(24)25-14(16)7-9)8-15(21)19-12(17(22)23)4-5-26-3/h6-7,12,20H,4-5,8H2,1-3H3,(H,19,21)(H,22,23). The summed E-state index contributed by atoms with van der Waals surface area (Å²) in [5, 5.41) is 22.1.